The van der Waals surface area contributed by atoms with Crippen molar-refractivity contribution in [1.29, 1.82) is 0 Å². The van der Waals surface area contributed by atoms with Crippen LogP contribution in [0.4, 0.5) is 13.2 Å². The summed E-state index contributed by atoms with van der Waals surface area (Å²) in [7, 11) is -7.23. The minimum atomic E-state index is -5.68. The van der Waals surface area contributed by atoms with Gasteiger partial charge >= 0.3 is 15.6 Å². The van der Waals surface area contributed by atoms with Crippen LogP contribution in [0, 0.1) is 11.8 Å². The molecule has 1 heterocycles. The molecule has 1 unspecified atom stereocenters. The molecule has 0 bridgehead atoms. The van der Waals surface area contributed by atoms with Crippen LogP contribution in [-0.4, -0.2) is 41.1 Å². The lowest BCUT2D eigenvalue weighted by Gasteiger charge is -2.28. The number of hydrogen-bond donors (Lipinski definition) is 0. The van der Waals surface area contributed by atoms with Gasteiger partial charge < -0.3 is 13.3 Å². The average Bonchev–Trinajstić information content (AvgIpc) is 3.11. The van der Waals surface area contributed by atoms with E-state index in [1.165, 1.54) is 0 Å². The Hall–Kier alpha value is -0.843. The average molecular weight is 529 g/mol. The van der Waals surface area contributed by atoms with Gasteiger partial charge in [0.1, 0.15) is 5.76 Å². The lowest BCUT2D eigenvalue weighted by atomic mass is 9.91. The Morgan fingerprint density at radius 2 is 1.76 bits per heavy atom. The highest BCUT2D eigenvalue weighted by Gasteiger charge is 2.49. The van der Waals surface area contributed by atoms with E-state index >= 15 is 0 Å². The second-order valence-electron chi connectivity index (χ2n) is 9.61. The molecule has 0 N–H and O–H groups in total. The summed E-state index contributed by atoms with van der Waals surface area (Å²) < 4.78 is 76.5. The maximum Gasteiger partial charge on any atom is 0.534 e. The molecule has 10 heteroatoms. The van der Waals surface area contributed by atoms with Crippen LogP contribution in [0.3, 0.4) is 0 Å². The smallest absolute Gasteiger partial charge is 0.417 e. The van der Waals surface area contributed by atoms with E-state index in [1.807, 2.05) is 6.92 Å². The molecule has 1 fully saturated rings. The molecule has 5 nitrogen and oxygen atoms in total. The third-order valence-electron chi connectivity index (χ3n) is 7.04. The van der Waals surface area contributed by atoms with Crippen molar-refractivity contribution in [3.8, 4) is 0 Å². The Kier molecular flexibility index (Phi) is 12.3. The van der Waals surface area contributed by atoms with Crippen molar-refractivity contribution < 1.29 is 34.9 Å². The zero-order valence-corrected chi connectivity index (χ0v) is 23.2. The molecule has 0 aliphatic carbocycles. The van der Waals surface area contributed by atoms with Crippen LogP contribution in [0.1, 0.15) is 73.1 Å². The van der Waals surface area contributed by atoms with Gasteiger partial charge in [-0.3, -0.25) is 0 Å². The molecular weight excluding hydrogens is 485 g/mol. The predicted octanol–water partition coefficient (Wildman–Crippen LogP) is 7.32. The largest absolute Gasteiger partial charge is 0.534 e. The van der Waals surface area contributed by atoms with E-state index in [4.69, 9.17) is 9.16 Å². The molecule has 0 aromatic carbocycles. The zero-order chi connectivity index (χ0) is 26.2. The first-order chi connectivity index (χ1) is 15.7. The molecule has 1 aliphatic heterocycles. The summed E-state index contributed by atoms with van der Waals surface area (Å²) in [5, 5.41) is 0. The molecule has 0 spiro atoms. The van der Waals surface area contributed by atoms with Gasteiger partial charge in [-0.2, -0.15) is 21.6 Å². The lowest BCUT2D eigenvalue weighted by Crippen LogP contribution is -2.36. The standard InChI is InChI=1S/C24H43F3O5SSi/c1-8-34(9-2,10-3)30-15-11-12-22-17-20(6)23(31-22)14-13-18(4)16-19(5)21(7)32-33(28,29)24(25,26)27/h18-19,22-23H,6-17H2,1-5H3/t18-,19-,22+,23?/m1/s1. The van der Waals surface area contributed by atoms with E-state index in [9.17, 15) is 21.6 Å². The fourth-order valence-electron chi connectivity index (χ4n) is 4.46. The fourth-order valence-corrected chi connectivity index (χ4v) is 7.69. The molecule has 0 saturated carbocycles. The molecule has 34 heavy (non-hydrogen) atoms. The van der Waals surface area contributed by atoms with Crippen LogP contribution in [0.5, 0.6) is 0 Å². The molecule has 4 atom stereocenters. The van der Waals surface area contributed by atoms with Crippen LogP contribution in [-0.2, 0) is 23.5 Å². The van der Waals surface area contributed by atoms with Gasteiger partial charge in [-0.25, -0.2) is 0 Å². The van der Waals surface area contributed by atoms with Crippen LogP contribution in [0.15, 0.2) is 24.5 Å². The molecule has 0 aromatic rings. The highest BCUT2D eigenvalue weighted by molar-refractivity contribution is 7.87. The van der Waals surface area contributed by atoms with E-state index in [-0.39, 0.29) is 18.1 Å². The molecule has 1 saturated heterocycles. The van der Waals surface area contributed by atoms with Gasteiger partial charge in [0.2, 0.25) is 0 Å². The maximum atomic E-state index is 12.5. The first-order valence-electron chi connectivity index (χ1n) is 12.4. The number of hydrogen-bond acceptors (Lipinski definition) is 5. The number of halogens is 3. The normalized spacial score (nSPS) is 21.5. The minimum Gasteiger partial charge on any atom is -0.417 e. The quantitative estimate of drug-likeness (QED) is 0.0524. The van der Waals surface area contributed by atoms with Crippen molar-refractivity contribution in [1.82, 2.24) is 0 Å². The van der Waals surface area contributed by atoms with Crippen molar-refractivity contribution in [2.75, 3.05) is 6.61 Å². The third-order valence-corrected chi connectivity index (χ3v) is 12.7. The molecule has 0 radical (unpaired) electrons. The second kappa shape index (κ2) is 13.5. The SMILES string of the molecule is C=C1C[C@H](CCCO[Si](CC)(CC)CC)OC1CC[C@@H](C)C[C@@H](C)C(=C)OS(=O)(=O)C(F)(F)F. The summed E-state index contributed by atoms with van der Waals surface area (Å²) in [4.78, 5) is 0. The van der Waals surface area contributed by atoms with E-state index in [1.54, 1.807) is 6.92 Å². The zero-order valence-electron chi connectivity index (χ0n) is 21.4. The van der Waals surface area contributed by atoms with Crippen molar-refractivity contribution in [3.63, 3.8) is 0 Å². The van der Waals surface area contributed by atoms with Crippen molar-refractivity contribution in [2.24, 2.45) is 11.8 Å². The molecule has 0 amide bonds. The van der Waals surface area contributed by atoms with Gasteiger partial charge in [-0.05, 0) is 68.1 Å². The Morgan fingerprint density at radius 1 is 1.18 bits per heavy atom. The van der Waals surface area contributed by atoms with Crippen LogP contribution in [0.2, 0.25) is 18.1 Å². The number of ether oxygens (including phenoxy) is 1. The number of alkyl halides is 3. The topological polar surface area (TPSA) is 61.8 Å². The van der Waals surface area contributed by atoms with Gasteiger partial charge in [-0.1, -0.05) is 47.8 Å². The van der Waals surface area contributed by atoms with Crippen molar-refractivity contribution in [3.05, 3.63) is 24.5 Å². The van der Waals surface area contributed by atoms with Crippen LogP contribution >= 0.6 is 0 Å². The molecule has 200 valence electrons. The molecule has 1 aliphatic rings. The van der Waals surface area contributed by atoms with Gasteiger partial charge in [0.15, 0.2) is 8.32 Å². The van der Waals surface area contributed by atoms with E-state index in [0.29, 0.717) is 6.42 Å². The Morgan fingerprint density at radius 3 is 2.29 bits per heavy atom. The second-order valence-corrected chi connectivity index (χ2v) is 15.9. The summed E-state index contributed by atoms with van der Waals surface area (Å²) in [6.45, 7) is 18.6. The summed E-state index contributed by atoms with van der Waals surface area (Å²) in [5.74, 6) is -0.796. The summed E-state index contributed by atoms with van der Waals surface area (Å²) in [6.07, 6.45) is 4.88. The van der Waals surface area contributed by atoms with Gasteiger partial charge in [0.05, 0.1) is 12.2 Å². The van der Waals surface area contributed by atoms with Gasteiger partial charge in [-0.15, -0.1) is 0 Å². The molecule has 0 aromatic heterocycles. The van der Waals surface area contributed by atoms with E-state index in [0.717, 1.165) is 62.4 Å². The lowest BCUT2D eigenvalue weighted by molar-refractivity contribution is -0.0526. The number of rotatable bonds is 16. The fraction of sp³-hybridized carbons (Fsp3) is 0.833. The minimum absolute atomic E-state index is 0.0240. The highest BCUT2D eigenvalue weighted by Crippen LogP contribution is 2.34. The predicted molar refractivity (Wildman–Crippen MR) is 132 cm³/mol. The Balaban J connectivity index is 2.39. The third kappa shape index (κ3) is 9.31. The maximum absolute atomic E-state index is 12.5. The van der Waals surface area contributed by atoms with Crippen LogP contribution in [0.25, 0.3) is 0 Å². The highest BCUT2D eigenvalue weighted by atomic mass is 32.2. The van der Waals surface area contributed by atoms with Crippen molar-refractivity contribution >= 4 is 18.4 Å². The number of allylic oxidation sites excluding steroid dienone is 1. The summed E-state index contributed by atoms with van der Waals surface area (Å²) in [6, 6.07) is 3.44. The summed E-state index contributed by atoms with van der Waals surface area (Å²) >= 11 is 0. The first-order valence-corrected chi connectivity index (χ1v) is 16.3. The summed E-state index contributed by atoms with van der Waals surface area (Å²) in [5.41, 5.74) is -4.38. The molecular formula is C24H43F3O5SSi. The Labute approximate surface area is 205 Å². The monoisotopic (exact) mass is 528 g/mol. The van der Waals surface area contributed by atoms with E-state index < -0.39 is 35.6 Å². The van der Waals surface area contributed by atoms with E-state index in [2.05, 4.69) is 38.1 Å². The first kappa shape index (κ1) is 31.2. The van der Waals surface area contributed by atoms with Crippen LogP contribution < -0.4 is 0 Å². The Bertz CT molecular complexity index is 757. The van der Waals surface area contributed by atoms with Gasteiger partial charge in [0.25, 0.3) is 0 Å². The molecule has 1 rings (SSSR count). The van der Waals surface area contributed by atoms with Crippen molar-refractivity contribution in [2.45, 2.75) is 109 Å². The van der Waals surface area contributed by atoms with Gasteiger partial charge in [0, 0.05) is 12.5 Å².